The van der Waals surface area contributed by atoms with E-state index >= 15 is 0 Å². The Balaban J connectivity index is 1.73. The number of piperidine rings is 1. The van der Waals surface area contributed by atoms with E-state index in [1.807, 2.05) is 11.9 Å². The van der Waals surface area contributed by atoms with Crippen LogP contribution in [0.1, 0.15) is 12.8 Å². The van der Waals surface area contributed by atoms with Gasteiger partial charge in [-0.15, -0.1) is 0 Å². The summed E-state index contributed by atoms with van der Waals surface area (Å²) in [7, 11) is 1.83. The summed E-state index contributed by atoms with van der Waals surface area (Å²) in [6.07, 6.45) is 3.27. The van der Waals surface area contributed by atoms with Crippen molar-refractivity contribution in [2.24, 2.45) is 0 Å². The molecule has 0 radical (unpaired) electrons. The third-order valence-corrected chi connectivity index (χ3v) is 4.16. The molecule has 3 N–H and O–H groups in total. The number of aliphatic hydroxyl groups is 1. The number of pyridine rings is 1. The average molecular weight is 282 g/mol. The van der Waals surface area contributed by atoms with Crippen LogP contribution in [0.4, 0.5) is 15.8 Å². The van der Waals surface area contributed by atoms with Crippen molar-refractivity contribution < 1.29 is 14.2 Å². The van der Waals surface area contributed by atoms with Gasteiger partial charge in [0.15, 0.2) is 5.82 Å². The first kappa shape index (κ1) is 13.5. The topological polar surface area (TPSA) is 74.9 Å². The Hall–Kier alpha value is -1.44. The van der Waals surface area contributed by atoms with Crippen LogP contribution in [0.5, 0.6) is 0 Å². The summed E-state index contributed by atoms with van der Waals surface area (Å²) < 4.78 is 19.5. The van der Waals surface area contributed by atoms with Crippen molar-refractivity contribution >= 4 is 11.4 Å². The minimum absolute atomic E-state index is 0.330. The summed E-state index contributed by atoms with van der Waals surface area (Å²) in [6.45, 7) is 1.98. The maximum atomic E-state index is 13.9. The van der Waals surface area contributed by atoms with E-state index in [1.165, 1.54) is 12.4 Å². The fourth-order valence-electron chi connectivity index (χ4n) is 3.07. The Labute approximate surface area is 116 Å². The van der Waals surface area contributed by atoms with Gasteiger partial charge >= 0.3 is 0 Å². The van der Waals surface area contributed by atoms with Crippen LogP contribution in [0.25, 0.3) is 0 Å². The predicted molar refractivity (Wildman–Crippen MR) is 72.5 cm³/mol. The molecule has 1 aromatic heterocycles. The van der Waals surface area contributed by atoms with Crippen molar-refractivity contribution in [3.63, 3.8) is 0 Å². The Morgan fingerprint density at radius 1 is 1.45 bits per heavy atom. The first-order chi connectivity index (χ1) is 9.51. The number of hydrogen-bond donors (Lipinski definition) is 2. The largest absolute Gasteiger partial charge is 0.396 e. The van der Waals surface area contributed by atoms with Crippen LogP contribution in [0.15, 0.2) is 12.4 Å². The maximum Gasteiger partial charge on any atom is 0.216 e. The first-order valence-corrected chi connectivity index (χ1v) is 6.71. The number of halogens is 1. The highest BCUT2D eigenvalue weighted by molar-refractivity contribution is 5.67. The molecule has 3 heterocycles. The quantitative estimate of drug-likeness (QED) is 0.775. The van der Waals surface area contributed by atoms with E-state index in [1.54, 1.807) is 4.90 Å². The summed E-state index contributed by atoms with van der Waals surface area (Å²) >= 11 is 0. The van der Waals surface area contributed by atoms with Crippen molar-refractivity contribution in [3.05, 3.63) is 18.2 Å². The molecule has 2 fully saturated rings. The number of nitrogen functional groups attached to an aromatic ring is 1. The summed E-state index contributed by atoms with van der Waals surface area (Å²) in [6, 6.07) is 0. The molecule has 3 rings (SSSR count). The number of ether oxygens (including phenoxy) is 1. The van der Waals surface area contributed by atoms with Crippen molar-refractivity contribution in [2.75, 3.05) is 37.3 Å². The fraction of sp³-hybridized carbons (Fsp3) is 0.615. The molecule has 1 aromatic rings. The highest BCUT2D eigenvalue weighted by atomic mass is 19.1. The number of hydrogen-bond acceptors (Lipinski definition) is 6. The molecule has 7 heteroatoms. The summed E-state index contributed by atoms with van der Waals surface area (Å²) in [5.74, 6) is -0.398. The van der Waals surface area contributed by atoms with E-state index in [2.05, 4.69) is 4.98 Å². The molecule has 2 aliphatic heterocycles. The molecule has 6 nitrogen and oxygen atoms in total. The Kier molecular flexibility index (Phi) is 3.27. The van der Waals surface area contributed by atoms with E-state index in [4.69, 9.17) is 10.5 Å². The average Bonchev–Trinajstić information content (AvgIpc) is 2.67. The molecule has 0 amide bonds. The smallest absolute Gasteiger partial charge is 0.216 e. The normalized spacial score (nSPS) is 26.4. The molecule has 1 atom stereocenters. The minimum atomic E-state index is -0.843. The van der Waals surface area contributed by atoms with Crippen molar-refractivity contribution in [2.45, 2.75) is 24.9 Å². The predicted octanol–water partition coefficient (Wildman–Crippen LogP) is 0.380. The van der Waals surface area contributed by atoms with Gasteiger partial charge in [-0.2, -0.15) is 0 Å². The van der Waals surface area contributed by atoms with Crippen molar-refractivity contribution in [1.82, 2.24) is 9.88 Å². The van der Waals surface area contributed by atoms with Crippen LogP contribution >= 0.6 is 0 Å². The Morgan fingerprint density at radius 2 is 2.15 bits per heavy atom. The van der Waals surface area contributed by atoms with Gasteiger partial charge in [-0.25, -0.2) is 4.39 Å². The lowest BCUT2D eigenvalue weighted by Gasteiger charge is -2.39. The summed E-state index contributed by atoms with van der Waals surface area (Å²) in [5, 5.41) is 9.69. The molecular formula is C13H19FN4O2. The number of nitrogens with two attached hydrogens (primary N) is 1. The van der Waals surface area contributed by atoms with Gasteiger partial charge in [-0.1, -0.05) is 0 Å². The molecule has 1 spiro atoms. The number of nitrogens with zero attached hydrogens (tertiary/aromatic N) is 3. The molecule has 110 valence electrons. The summed E-state index contributed by atoms with van der Waals surface area (Å²) in [4.78, 5) is 7.44. The lowest BCUT2D eigenvalue weighted by Crippen LogP contribution is -2.47. The zero-order valence-electron chi connectivity index (χ0n) is 11.4. The van der Waals surface area contributed by atoms with E-state index in [-0.39, 0.29) is 5.60 Å². The SMILES string of the molecule is CN1CC2(CCN(c3c(N)cncc3F)CC2)OC1O. The second kappa shape index (κ2) is 4.83. The molecule has 2 saturated heterocycles. The summed E-state index contributed by atoms with van der Waals surface area (Å²) in [5.41, 5.74) is 6.26. The Morgan fingerprint density at radius 3 is 2.70 bits per heavy atom. The number of aromatic nitrogens is 1. The number of rotatable bonds is 1. The molecule has 0 aromatic carbocycles. The minimum Gasteiger partial charge on any atom is -0.396 e. The standard InChI is InChI=1S/C13H19FN4O2/c1-17-8-13(20-12(17)19)2-4-18(5-3-13)11-9(14)6-16-7-10(11)15/h6-7,12,19H,2-5,8,15H2,1H3. The van der Waals surface area contributed by atoms with Gasteiger partial charge in [0.2, 0.25) is 6.41 Å². The fourth-order valence-corrected chi connectivity index (χ4v) is 3.07. The number of likely N-dealkylation sites (N-methyl/N-ethyl adjacent to an activating group) is 1. The molecule has 1 unspecified atom stereocenters. The van der Waals surface area contributed by atoms with E-state index in [0.717, 1.165) is 12.8 Å². The van der Waals surface area contributed by atoms with Gasteiger partial charge < -0.3 is 20.5 Å². The van der Waals surface area contributed by atoms with Gasteiger partial charge in [0.1, 0.15) is 0 Å². The number of anilines is 2. The van der Waals surface area contributed by atoms with Crippen LogP contribution in [0, 0.1) is 5.82 Å². The van der Waals surface area contributed by atoms with Gasteiger partial charge in [0, 0.05) is 19.6 Å². The van der Waals surface area contributed by atoms with Gasteiger partial charge in [-0.05, 0) is 19.9 Å². The van der Waals surface area contributed by atoms with E-state index in [0.29, 0.717) is 31.0 Å². The maximum absolute atomic E-state index is 13.9. The van der Waals surface area contributed by atoms with Crippen molar-refractivity contribution in [1.29, 1.82) is 0 Å². The molecule has 0 aliphatic carbocycles. The monoisotopic (exact) mass is 282 g/mol. The molecular weight excluding hydrogens is 263 g/mol. The second-order valence-corrected chi connectivity index (χ2v) is 5.59. The Bertz CT molecular complexity index is 473. The zero-order chi connectivity index (χ0) is 14.3. The highest BCUT2D eigenvalue weighted by Crippen LogP contribution is 2.37. The third-order valence-electron chi connectivity index (χ3n) is 4.16. The lowest BCUT2D eigenvalue weighted by molar-refractivity contribution is -0.175. The van der Waals surface area contributed by atoms with Crippen LogP contribution < -0.4 is 10.6 Å². The van der Waals surface area contributed by atoms with Crippen molar-refractivity contribution in [3.8, 4) is 0 Å². The third kappa shape index (κ3) is 2.21. The molecule has 2 aliphatic rings. The van der Waals surface area contributed by atoms with Gasteiger partial charge in [0.05, 0.1) is 29.4 Å². The van der Waals surface area contributed by atoms with E-state index in [9.17, 15) is 9.50 Å². The van der Waals surface area contributed by atoms with Gasteiger partial charge in [-0.3, -0.25) is 9.88 Å². The molecule has 0 saturated carbocycles. The van der Waals surface area contributed by atoms with Crippen LogP contribution in [0.3, 0.4) is 0 Å². The zero-order valence-corrected chi connectivity index (χ0v) is 11.4. The number of aliphatic hydroxyl groups excluding tert-OH is 1. The first-order valence-electron chi connectivity index (χ1n) is 6.71. The second-order valence-electron chi connectivity index (χ2n) is 5.59. The van der Waals surface area contributed by atoms with Gasteiger partial charge in [0.25, 0.3) is 0 Å². The van der Waals surface area contributed by atoms with Crippen LogP contribution in [-0.2, 0) is 4.74 Å². The molecule has 20 heavy (non-hydrogen) atoms. The highest BCUT2D eigenvalue weighted by Gasteiger charge is 2.45. The molecule has 0 bridgehead atoms. The van der Waals surface area contributed by atoms with Crippen LogP contribution in [-0.4, -0.2) is 53.7 Å². The lowest BCUT2D eigenvalue weighted by atomic mass is 9.91. The van der Waals surface area contributed by atoms with Crippen LogP contribution in [0.2, 0.25) is 0 Å². The van der Waals surface area contributed by atoms with E-state index < -0.39 is 12.2 Å².